The number of rotatable bonds is 5. The number of fused-ring (bicyclic) bond motifs is 11. The molecule has 12 heteroatoms. The minimum atomic E-state index is -4.31. The van der Waals surface area contributed by atoms with E-state index in [1.165, 1.54) is 9.21 Å². The molecule has 3 aromatic rings. The number of hydrogen-bond donors (Lipinski definition) is 2. The van der Waals surface area contributed by atoms with Gasteiger partial charge in [0.1, 0.15) is 30.3 Å². The number of para-hydroxylation sites is 1. The van der Waals surface area contributed by atoms with Gasteiger partial charge in [-0.15, -0.1) is 0 Å². The zero-order valence-corrected chi connectivity index (χ0v) is 28.0. The molecule has 5 heterocycles. The summed E-state index contributed by atoms with van der Waals surface area (Å²) in [5, 5.41) is 5.87. The van der Waals surface area contributed by atoms with Gasteiger partial charge in [-0.05, 0) is 67.0 Å². The number of anilines is 1. The Morgan fingerprint density at radius 2 is 1.24 bits per heavy atom. The summed E-state index contributed by atoms with van der Waals surface area (Å²) in [6.45, 7) is 3.69. The maximum absolute atomic E-state index is 15.0. The Labute approximate surface area is 284 Å². The van der Waals surface area contributed by atoms with Gasteiger partial charge in [-0.25, -0.2) is 12.7 Å². The summed E-state index contributed by atoms with van der Waals surface area (Å²) >= 11 is 0. The first-order valence-corrected chi connectivity index (χ1v) is 18.6. The molecule has 4 amide bonds. The fraction of sp³-hybridized carbons (Fsp3) is 0.405. The Hall–Kier alpha value is -4.71. The van der Waals surface area contributed by atoms with Crippen LogP contribution in [0.1, 0.15) is 56.2 Å². The van der Waals surface area contributed by atoms with Crippen molar-refractivity contribution in [2.45, 2.75) is 98.1 Å². The third-order valence-corrected chi connectivity index (χ3v) is 14.1. The minimum Gasteiger partial charge on any atom is -0.343 e. The molecule has 49 heavy (non-hydrogen) atoms. The molecule has 9 rings (SSSR count). The van der Waals surface area contributed by atoms with Crippen molar-refractivity contribution < 1.29 is 27.6 Å². The second kappa shape index (κ2) is 10.2. The average Bonchev–Trinajstić information content (AvgIpc) is 3.82. The Balaban J connectivity index is 1.38. The quantitative estimate of drug-likeness (QED) is 0.425. The van der Waals surface area contributed by atoms with Gasteiger partial charge in [-0.1, -0.05) is 74.5 Å². The number of carbonyl (C=O) groups is 4. The standard InChI is InChI=1S/C37H37N5O6S/c1-3-25-33(45)40-28(31(43)38-25)19-36(23-15-9-8-12-21(23)18-30(36)40)37-20-29-32(44)39-26(4-2)34(46)41(29)35(37)42(27-17-11-10-16-24(27)37)49(47,48)22-13-6-5-7-14-22/h5-17,25-26,28-30,35H,3-4,18-20H2,1-2H3,(H,38,43)(H,39,44)/t25-,26-,28-,29-,30-,35-,36?,37-/m0/s1. The summed E-state index contributed by atoms with van der Waals surface area (Å²) in [7, 11) is -4.31. The van der Waals surface area contributed by atoms with E-state index in [9.17, 15) is 19.2 Å². The number of benzene rings is 3. The molecule has 3 aromatic carbocycles. The molecule has 4 fully saturated rings. The van der Waals surface area contributed by atoms with E-state index in [2.05, 4.69) is 10.6 Å². The van der Waals surface area contributed by atoms with Gasteiger partial charge in [-0.3, -0.25) is 19.2 Å². The van der Waals surface area contributed by atoms with Crippen molar-refractivity contribution in [2.75, 3.05) is 4.31 Å². The van der Waals surface area contributed by atoms with E-state index in [1.807, 2.05) is 50.2 Å². The van der Waals surface area contributed by atoms with Crippen LogP contribution in [0.5, 0.6) is 0 Å². The SMILES string of the molecule is CC[C@@H]1NC(=O)[C@@H]2CC3([C@]45C[C@H]6C(=O)N[C@@H](CC)C(=O)N6[C@H]4N(S(=O)(=O)c4ccccc4)c4ccccc45)c4ccccc4C[C@@H]3N2C1=O. The predicted octanol–water partition coefficient (Wildman–Crippen LogP) is 2.34. The van der Waals surface area contributed by atoms with E-state index in [4.69, 9.17) is 0 Å². The monoisotopic (exact) mass is 679 g/mol. The van der Waals surface area contributed by atoms with Crippen LogP contribution in [0.3, 0.4) is 0 Å². The van der Waals surface area contributed by atoms with Crippen LogP contribution < -0.4 is 14.9 Å². The number of nitrogens with one attached hydrogen (secondary N) is 2. The lowest BCUT2D eigenvalue weighted by Gasteiger charge is -2.50. The van der Waals surface area contributed by atoms with Gasteiger partial charge < -0.3 is 20.4 Å². The van der Waals surface area contributed by atoms with Crippen LogP contribution in [0.4, 0.5) is 5.69 Å². The van der Waals surface area contributed by atoms with Gasteiger partial charge in [-0.2, -0.15) is 0 Å². The molecule has 5 aliphatic heterocycles. The molecular weight excluding hydrogens is 643 g/mol. The van der Waals surface area contributed by atoms with Gasteiger partial charge in [0.25, 0.3) is 10.0 Å². The largest absolute Gasteiger partial charge is 0.343 e. The summed E-state index contributed by atoms with van der Waals surface area (Å²) in [6, 6.07) is 19.7. The Kier molecular flexibility index (Phi) is 6.29. The Morgan fingerprint density at radius 1 is 0.694 bits per heavy atom. The van der Waals surface area contributed by atoms with E-state index in [0.29, 0.717) is 30.5 Å². The fourth-order valence-electron chi connectivity index (χ4n) is 10.5. The molecule has 0 spiro atoms. The van der Waals surface area contributed by atoms with Gasteiger partial charge >= 0.3 is 0 Å². The molecular formula is C37H37N5O6S. The third kappa shape index (κ3) is 3.54. The zero-order chi connectivity index (χ0) is 34.0. The fourth-order valence-corrected chi connectivity index (χ4v) is 12.2. The number of hydrogen-bond acceptors (Lipinski definition) is 6. The average molecular weight is 680 g/mol. The number of amides is 4. The van der Waals surface area contributed by atoms with Crippen molar-refractivity contribution in [1.29, 1.82) is 0 Å². The summed E-state index contributed by atoms with van der Waals surface area (Å²) < 4.78 is 31.5. The van der Waals surface area contributed by atoms with Crippen LogP contribution in [0.2, 0.25) is 0 Å². The molecule has 8 atom stereocenters. The molecule has 1 unspecified atom stereocenters. The topological polar surface area (TPSA) is 136 Å². The lowest BCUT2D eigenvalue weighted by atomic mass is 9.53. The van der Waals surface area contributed by atoms with Crippen molar-refractivity contribution in [3.63, 3.8) is 0 Å². The van der Waals surface area contributed by atoms with E-state index in [0.717, 1.165) is 11.1 Å². The van der Waals surface area contributed by atoms with Crippen LogP contribution in [0, 0.1) is 0 Å². The molecule has 4 saturated heterocycles. The van der Waals surface area contributed by atoms with Crippen LogP contribution in [-0.4, -0.2) is 78.2 Å². The summed E-state index contributed by atoms with van der Waals surface area (Å²) in [5.41, 5.74) is 0.852. The molecule has 252 valence electrons. The summed E-state index contributed by atoms with van der Waals surface area (Å²) in [6.07, 6.45) is 0.450. The third-order valence-electron chi connectivity index (χ3n) is 12.3. The lowest BCUT2D eigenvalue weighted by molar-refractivity contribution is -0.149. The van der Waals surface area contributed by atoms with E-state index in [1.54, 1.807) is 47.4 Å². The van der Waals surface area contributed by atoms with Crippen LogP contribution in [0.25, 0.3) is 0 Å². The smallest absolute Gasteiger partial charge is 0.266 e. The highest BCUT2D eigenvalue weighted by Crippen LogP contribution is 2.70. The van der Waals surface area contributed by atoms with Crippen LogP contribution in [0.15, 0.2) is 83.8 Å². The van der Waals surface area contributed by atoms with E-state index >= 15 is 8.42 Å². The van der Waals surface area contributed by atoms with E-state index < -0.39 is 57.2 Å². The van der Waals surface area contributed by atoms with Crippen molar-refractivity contribution in [3.05, 3.63) is 95.6 Å². The Bertz CT molecular complexity index is 2070. The summed E-state index contributed by atoms with van der Waals surface area (Å²) in [4.78, 5) is 60.3. The molecule has 2 N–H and O–H groups in total. The Morgan fingerprint density at radius 3 is 1.92 bits per heavy atom. The molecule has 0 bridgehead atoms. The van der Waals surface area contributed by atoms with Crippen molar-refractivity contribution in [1.82, 2.24) is 20.4 Å². The highest BCUT2D eigenvalue weighted by Gasteiger charge is 2.79. The van der Waals surface area contributed by atoms with E-state index in [-0.39, 0.29) is 41.4 Å². The van der Waals surface area contributed by atoms with Gasteiger partial charge in [0, 0.05) is 11.5 Å². The molecule has 0 radical (unpaired) electrons. The van der Waals surface area contributed by atoms with Crippen LogP contribution in [-0.2, 0) is 46.5 Å². The number of sulfonamides is 1. The molecule has 0 saturated carbocycles. The maximum Gasteiger partial charge on any atom is 0.266 e. The zero-order valence-electron chi connectivity index (χ0n) is 27.2. The lowest BCUT2D eigenvalue weighted by Crippen LogP contribution is -2.68. The van der Waals surface area contributed by atoms with Crippen molar-refractivity contribution in [2.24, 2.45) is 0 Å². The molecule has 6 aliphatic rings. The van der Waals surface area contributed by atoms with Gasteiger partial charge in [0.2, 0.25) is 23.6 Å². The first kappa shape index (κ1) is 30.4. The maximum atomic E-state index is 15.0. The van der Waals surface area contributed by atoms with Crippen molar-refractivity contribution >= 4 is 39.3 Å². The highest BCUT2D eigenvalue weighted by molar-refractivity contribution is 7.92. The van der Waals surface area contributed by atoms with Gasteiger partial charge in [0.05, 0.1) is 16.0 Å². The van der Waals surface area contributed by atoms with Gasteiger partial charge in [0.15, 0.2) is 0 Å². The number of nitrogens with zero attached hydrogens (tertiary/aromatic N) is 3. The predicted molar refractivity (Wildman–Crippen MR) is 179 cm³/mol. The first-order chi connectivity index (χ1) is 23.6. The second-order valence-corrected chi connectivity index (χ2v) is 16.0. The highest BCUT2D eigenvalue weighted by atomic mass is 32.2. The number of piperazine rings is 2. The molecule has 0 aromatic heterocycles. The number of carbonyl (C=O) groups excluding carboxylic acids is 4. The molecule has 11 nitrogen and oxygen atoms in total. The van der Waals surface area contributed by atoms with Crippen LogP contribution >= 0.6 is 0 Å². The second-order valence-electron chi connectivity index (χ2n) is 14.2. The minimum absolute atomic E-state index is 0.0649. The normalized spacial score (nSPS) is 34.1. The van der Waals surface area contributed by atoms with Crippen molar-refractivity contribution in [3.8, 4) is 0 Å². The summed E-state index contributed by atoms with van der Waals surface area (Å²) in [5.74, 6) is -1.06. The molecule has 1 aliphatic carbocycles. The first-order valence-electron chi connectivity index (χ1n) is 17.1.